The molecular formula is C13H27N3O2. The van der Waals surface area contributed by atoms with Crippen LogP contribution in [-0.4, -0.2) is 72.2 Å². The van der Waals surface area contributed by atoms with Gasteiger partial charge >= 0.3 is 5.97 Å². The van der Waals surface area contributed by atoms with Crippen LogP contribution in [-0.2, 0) is 4.79 Å². The third-order valence-electron chi connectivity index (χ3n) is 3.48. The second-order valence-corrected chi connectivity index (χ2v) is 5.28. The number of rotatable bonds is 7. The zero-order valence-electron chi connectivity index (χ0n) is 11.9. The van der Waals surface area contributed by atoms with Crippen LogP contribution in [0.25, 0.3) is 0 Å². The fourth-order valence-corrected chi connectivity index (χ4v) is 2.32. The average molecular weight is 257 g/mol. The molecule has 0 bridgehead atoms. The van der Waals surface area contributed by atoms with Crippen molar-refractivity contribution in [2.75, 3.05) is 39.3 Å². The lowest BCUT2D eigenvalue weighted by Gasteiger charge is -2.34. The minimum Gasteiger partial charge on any atom is -0.480 e. The van der Waals surface area contributed by atoms with Gasteiger partial charge in [-0.2, -0.15) is 0 Å². The van der Waals surface area contributed by atoms with Crippen LogP contribution < -0.4 is 5.32 Å². The molecule has 1 aliphatic rings. The SMILES string of the molecule is CCN1CCN(CCC(NC(C)C)C(=O)O)CC1. The fraction of sp³-hybridized carbons (Fsp3) is 0.923. The second kappa shape index (κ2) is 7.71. The van der Waals surface area contributed by atoms with E-state index in [0.29, 0.717) is 6.42 Å². The smallest absolute Gasteiger partial charge is 0.320 e. The normalized spacial score (nSPS) is 20.2. The molecule has 1 aliphatic heterocycles. The Balaban J connectivity index is 2.28. The molecule has 0 aromatic heterocycles. The van der Waals surface area contributed by atoms with Crippen LogP contribution >= 0.6 is 0 Å². The Morgan fingerprint density at radius 3 is 2.22 bits per heavy atom. The first-order valence-electron chi connectivity index (χ1n) is 6.96. The molecule has 0 radical (unpaired) electrons. The van der Waals surface area contributed by atoms with Crippen LogP contribution in [0.4, 0.5) is 0 Å². The highest BCUT2D eigenvalue weighted by molar-refractivity contribution is 5.73. The van der Waals surface area contributed by atoms with Gasteiger partial charge in [-0.15, -0.1) is 0 Å². The van der Waals surface area contributed by atoms with E-state index >= 15 is 0 Å². The predicted molar refractivity (Wildman–Crippen MR) is 72.9 cm³/mol. The third kappa shape index (κ3) is 5.33. The Bertz CT molecular complexity index is 251. The van der Waals surface area contributed by atoms with E-state index in [4.69, 9.17) is 5.11 Å². The largest absolute Gasteiger partial charge is 0.480 e. The van der Waals surface area contributed by atoms with Gasteiger partial charge in [-0.1, -0.05) is 20.8 Å². The molecule has 0 aliphatic carbocycles. The molecule has 1 fully saturated rings. The Morgan fingerprint density at radius 1 is 1.22 bits per heavy atom. The van der Waals surface area contributed by atoms with E-state index in [1.54, 1.807) is 0 Å². The predicted octanol–water partition coefficient (Wildman–Crippen LogP) is 0.465. The molecule has 1 unspecified atom stereocenters. The monoisotopic (exact) mass is 257 g/mol. The summed E-state index contributed by atoms with van der Waals surface area (Å²) in [5, 5.41) is 12.2. The van der Waals surface area contributed by atoms with Gasteiger partial charge < -0.3 is 20.2 Å². The topological polar surface area (TPSA) is 55.8 Å². The number of carboxylic acid groups (broad SMARTS) is 1. The van der Waals surface area contributed by atoms with Crippen LogP contribution in [0.2, 0.25) is 0 Å². The van der Waals surface area contributed by atoms with Gasteiger partial charge in [0.15, 0.2) is 0 Å². The summed E-state index contributed by atoms with van der Waals surface area (Å²) in [5.41, 5.74) is 0. The van der Waals surface area contributed by atoms with Crippen molar-refractivity contribution in [1.29, 1.82) is 0 Å². The van der Waals surface area contributed by atoms with Gasteiger partial charge in [0.2, 0.25) is 0 Å². The molecule has 2 N–H and O–H groups in total. The maximum atomic E-state index is 11.1. The zero-order chi connectivity index (χ0) is 13.5. The molecule has 1 saturated heterocycles. The molecule has 0 aromatic carbocycles. The number of carbonyl (C=O) groups is 1. The Labute approximate surface area is 110 Å². The Hall–Kier alpha value is -0.650. The molecule has 5 heteroatoms. The van der Waals surface area contributed by atoms with Gasteiger partial charge in [0.05, 0.1) is 0 Å². The number of nitrogens with zero attached hydrogens (tertiary/aromatic N) is 2. The molecule has 0 spiro atoms. The summed E-state index contributed by atoms with van der Waals surface area (Å²) < 4.78 is 0. The van der Waals surface area contributed by atoms with Crippen molar-refractivity contribution in [3.05, 3.63) is 0 Å². The van der Waals surface area contributed by atoms with Crippen LogP contribution in [0.15, 0.2) is 0 Å². The third-order valence-corrected chi connectivity index (χ3v) is 3.48. The van der Waals surface area contributed by atoms with Gasteiger partial charge in [0.25, 0.3) is 0 Å². The minimum atomic E-state index is -0.740. The molecule has 106 valence electrons. The first-order valence-corrected chi connectivity index (χ1v) is 6.96. The highest BCUT2D eigenvalue weighted by Gasteiger charge is 2.21. The van der Waals surface area contributed by atoms with Crippen LogP contribution in [0, 0.1) is 0 Å². The zero-order valence-corrected chi connectivity index (χ0v) is 11.9. The van der Waals surface area contributed by atoms with Crippen molar-refractivity contribution in [3.63, 3.8) is 0 Å². The molecule has 1 heterocycles. The summed E-state index contributed by atoms with van der Waals surface area (Å²) >= 11 is 0. The number of hydrogen-bond acceptors (Lipinski definition) is 4. The highest BCUT2D eigenvalue weighted by Crippen LogP contribution is 2.04. The Morgan fingerprint density at radius 2 is 1.78 bits per heavy atom. The van der Waals surface area contributed by atoms with Crippen molar-refractivity contribution < 1.29 is 9.90 Å². The van der Waals surface area contributed by atoms with E-state index < -0.39 is 12.0 Å². The first-order chi connectivity index (χ1) is 8.52. The lowest BCUT2D eigenvalue weighted by Crippen LogP contribution is -2.48. The van der Waals surface area contributed by atoms with E-state index in [9.17, 15) is 4.79 Å². The number of aliphatic carboxylic acids is 1. The molecule has 0 aromatic rings. The summed E-state index contributed by atoms with van der Waals surface area (Å²) in [4.78, 5) is 15.9. The number of likely N-dealkylation sites (N-methyl/N-ethyl adjacent to an activating group) is 1. The summed E-state index contributed by atoms with van der Waals surface area (Å²) in [6.45, 7) is 12.4. The highest BCUT2D eigenvalue weighted by atomic mass is 16.4. The minimum absolute atomic E-state index is 0.211. The van der Waals surface area contributed by atoms with E-state index in [-0.39, 0.29) is 6.04 Å². The maximum Gasteiger partial charge on any atom is 0.320 e. The number of nitrogens with one attached hydrogen (secondary N) is 1. The number of carboxylic acids is 1. The van der Waals surface area contributed by atoms with Crippen molar-refractivity contribution in [2.24, 2.45) is 0 Å². The number of hydrogen-bond donors (Lipinski definition) is 2. The summed E-state index contributed by atoms with van der Waals surface area (Å²) in [5.74, 6) is -0.740. The molecule has 0 amide bonds. The molecule has 5 nitrogen and oxygen atoms in total. The van der Waals surface area contributed by atoms with E-state index in [1.165, 1.54) is 0 Å². The van der Waals surface area contributed by atoms with Gasteiger partial charge in [0.1, 0.15) is 6.04 Å². The van der Waals surface area contributed by atoms with E-state index in [1.807, 2.05) is 13.8 Å². The van der Waals surface area contributed by atoms with Gasteiger partial charge in [-0.3, -0.25) is 4.79 Å². The maximum absolute atomic E-state index is 11.1. The lowest BCUT2D eigenvalue weighted by atomic mass is 10.1. The van der Waals surface area contributed by atoms with Crippen molar-refractivity contribution in [2.45, 2.75) is 39.3 Å². The lowest BCUT2D eigenvalue weighted by molar-refractivity contribution is -0.140. The standard InChI is InChI=1S/C13H27N3O2/c1-4-15-7-9-16(10-8-15)6-5-12(13(17)18)14-11(2)3/h11-12,14H,4-10H2,1-3H3,(H,17,18). The van der Waals surface area contributed by atoms with Crippen LogP contribution in [0.5, 0.6) is 0 Å². The molecule has 1 rings (SSSR count). The van der Waals surface area contributed by atoms with Crippen LogP contribution in [0.1, 0.15) is 27.2 Å². The van der Waals surface area contributed by atoms with E-state index in [0.717, 1.165) is 39.3 Å². The Kier molecular flexibility index (Phi) is 6.60. The fourth-order valence-electron chi connectivity index (χ4n) is 2.32. The molecule has 18 heavy (non-hydrogen) atoms. The van der Waals surface area contributed by atoms with Crippen molar-refractivity contribution in [3.8, 4) is 0 Å². The summed E-state index contributed by atoms with van der Waals surface area (Å²) in [6, 6.07) is -0.211. The molecule has 1 atom stereocenters. The van der Waals surface area contributed by atoms with Crippen LogP contribution in [0.3, 0.4) is 0 Å². The van der Waals surface area contributed by atoms with Gasteiger partial charge in [0, 0.05) is 38.8 Å². The quantitative estimate of drug-likeness (QED) is 0.694. The van der Waals surface area contributed by atoms with Gasteiger partial charge in [-0.25, -0.2) is 0 Å². The van der Waals surface area contributed by atoms with E-state index in [2.05, 4.69) is 22.0 Å². The average Bonchev–Trinajstić information content (AvgIpc) is 2.34. The molecular weight excluding hydrogens is 230 g/mol. The second-order valence-electron chi connectivity index (χ2n) is 5.28. The summed E-state index contributed by atoms with van der Waals surface area (Å²) in [6.07, 6.45) is 0.680. The molecule has 0 saturated carbocycles. The van der Waals surface area contributed by atoms with Crippen molar-refractivity contribution >= 4 is 5.97 Å². The van der Waals surface area contributed by atoms with Crippen molar-refractivity contribution in [1.82, 2.24) is 15.1 Å². The van der Waals surface area contributed by atoms with Gasteiger partial charge in [-0.05, 0) is 13.0 Å². The summed E-state index contributed by atoms with van der Waals surface area (Å²) in [7, 11) is 0. The number of piperazine rings is 1. The first kappa shape index (κ1) is 15.4.